The van der Waals surface area contributed by atoms with Crippen molar-refractivity contribution in [2.24, 2.45) is 0 Å². The first kappa shape index (κ1) is 18.0. The molecule has 2 aliphatic rings. The quantitative estimate of drug-likeness (QED) is 0.550. The minimum Gasteiger partial charge on any atom is -0.477 e. The zero-order valence-electron chi connectivity index (χ0n) is 12.2. The van der Waals surface area contributed by atoms with Gasteiger partial charge in [-0.05, 0) is 6.92 Å². The summed E-state index contributed by atoms with van der Waals surface area (Å²) in [6.07, 6.45) is -6.37. The van der Waals surface area contributed by atoms with Crippen LogP contribution in [0.1, 0.15) is 6.92 Å². The molecule has 12 heteroatoms. The highest BCUT2D eigenvalue weighted by atomic mass is 19.4. The van der Waals surface area contributed by atoms with E-state index in [1.807, 2.05) is 0 Å². The van der Waals surface area contributed by atoms with Crippen molar-refractivity contribution < 1.29 is 41.9 Å². The van der Waals surface area contributed by atoms with Gasteiger partial charge in [0.15, 0.2) is 0 Å². The van der Waals surface area contributed by atoms with Crippen LogP contribution in [-0.2, 0) is 14.4 Å². The molecule has 2 heterocycles. The zero-order valence-corrected chi connectivity index (χ0v) is 12.2. The number of alkyl halides is 4. The second-order valence-corrected chi connectivity index (χ2v) is 5.22. The summed E-state index contributed by atoms with van der Waals surface area (Å²) in [6.45, 7) is 0.991. The van der Waals surface area contributed by atoms with Gasteiger partial charge in [0, 0.05) is 13.1 Å². The molecule has 134 valence electrons. The molecule has 0 aromatic carbocycles. The Morgan fingerprint density at radius 2 is 2.12 bits per heavy atom. The van der Waals surface area contributed by atoms with Gasteiger partial charge in [0.1, 0.15) is 0 Å². The average Bonchev–Trinajstić information content (AvgIpc) is 2.71. The van der Waals surface area contributed by atoms with Crippen molar-refractivity contribution >= 4 is 17.9 Å². The number of carboxylic acid groups (broad SMARTS) is 1. The first-order valence-corrected chi connectivity index (χ1v) is 6.69. The Morgan fingerprint density at radius 1 is 1.50 bits per heavy atom. The van der Waals surface area contributed by atoms with Gasteiger partial charge in [0.2, 0.25) is 0 Å². The lowest BCUT2D eigenvalue weighted by Gasteiger charge is -2.30. The Bertz CT molecular complexity index is 594. The van der Waals surface area contributed by atoms with Crippen LogP contribution < -0.4 is 5.32 Å². The van der Waals surface area contributed by atoms with E-state index in [0.29, 0.717) is 10.6 Å². The van der Waals surface area contributed by atoms with E-state index >= 15 is 0 Å². The van der Waals surface area contributed by atoms with E-state index in [1.54, 1.807) is 5.32 Å². The van der Waals surface area contributed by atoms with Crippen LogP contribution in [0.25, 0.3) is 0 Å². The van der Waals surface area contributed by atoms with Gasteiger partial charge in [-0.25, -0.2) is 18.8 Å². The van der Waals surface area contributed by atoms with Crippen molar-refractivity contribution in [3.63, 3.8) is 0 Å². The number of carboxylic acids is 1. The minimum absolute atomic E-state index is 0.0327. The zero-order chi connectivity index (χ0) is 18.2. The maximum Gasteiger partial charge on any atom is 0.471 e. The molecule has 0 aromatic heterocycles. The van der Waals surface area contributed by atoms with Crippen LogP contribution in [0.2, 0.25) is 0 Å². The van der Waals surface area contributed by atoms with Crippen LogP contribution >= 0.6 is 0 Å². The second kappa shape index (κ2) is 6.26. The molecule has 2 aliphatic heterocycles. The highest BCUT2D eigenvalue weighted by Gasteiger charge is 2.47. The lowest BCUT2D eigenvalue weighted by molar-refractivity contribution is -0.219. The smallest absolute Gasteiger partial charge is 0.471 e. The molecular weight excluding hydrogens is 342 g/mol. The predicted octanol–water partition coefficient (Wildman–Crippen LogP) is 0.411. The van der Waals surface area contributed by atoms with E-state index in [0.717, 1.165) is 4.90 Å². The summed E-state index contributed by atoms with van der Waals surface area (Å²) >= 11 is 0. The molecule has 3 amide bonds. The highest BCUT2D eigenvalue weighted by Crippen LogP contribution is 2.30. The molecule has 0 aliphatic carbocycles. The lowest BCUT2D eigenvalue weighted by atomic mass is 10.0. The van der Waals surface area contributed by atoms with Crippen molar-refractivity contribution in [3.8, 4) is 0 Å². The molecule has 1 fully saturated rings. The number of urea groups is 1. The van der Waals surface area contributed by atoms with E-state index in [1.165, 1.54) is 13.0 Å². The van der Waals surface area contributed by atoms with Crippen molar-refractivity contribution in [2.45, 2.75) is 31.5 Å². The van der Waals surface area contributed by atoms with Crippen LogP contribution in [0.15, 0.2) is 11.6 Å². The normalized spacial score (nSPS) is 24.7. The number of nitrogens with zero attached hydrogens (tertiary/aromatic N) is 2. The summed E-state index contributed by atoms with van der Waals surface area (Å²) in [5, 5.41) is 10.7. The molecule has 0 saturated carbocycles. The van der Waals surface area contributed by atoms with E-state index in [4.69, 9.17) is 5.11 Å². The first-order valence-electron chi connectivity index (χ1n) is 6.69. The predicted molar refractivity (Wildman–Crippen MR) is 68.0 cm³/mol. The molecule has 0 unspecified atom stereocenters. The number of halogens is 4. The maximum absolute atomic E-state index is 13.2. The molecule has 3 atom stereocenters. The van der Waals surface area contributed by atoms with E-state index in [2.05, 4.69) is 4.84 Å². The van der Waals surface area contributed by atoms with Gasteiger partial charge >= 0.3 is 30.4 Å². The monoisotopic (exact) mass is 355 g/mol. The van der Waals surface area contributed by atoms with Crippen LogP contribution in [0.5, 0.6) is 0 Å². The summed E-state index contributed by atoms with van der Waals surface area (Å²) in [6, 6.07) is -2.55. The number of rotatable bonds is 5. The Hall–Kier alpha value is -2.37. The summed E-state index contributed by atoms with van der Waals surface area (Å²) in [5.74, 6) is -4.07. The molecular formula is C12H13F4N3O5. The van der Waals surface area contributed by atoms with Crippen LogP contribution in [0.3, 0.4) is 0 Å². The number of carbonyl (C=O) groups excluding carboxylic acids is 2. The number of aliphatic carboxylic acids is 1. The third-order valence-corrected chi connectivity index (χ3v) is 3.59. The van der Waals surface area contributed by atoms with Crippen LogP contribution in [0.4, 0.5) is 22.4 Å². The van der Waals surface area contributed by atoms with E-state index in [-0.39, 0.29) is 6.54 Å². The number of carbonyl (C=O) groups is 3. The van der Waals surface area contributed by atoms with Gasteiger partial charge in [0.05, 0.1) is 12.1 Å². The van der Waals surface area contributed by atoms with Crippen molar-refractivity contribution in [1.82, 2.24) is 15.3 Å². The molecule has 24 heavy (non-hydrogen) atoms. The van der Waals surface area contributed by atoms with Gasteiger partial charge in [-0.3, -0.25) is 4.79 Å². The molecule has 0 radical (unpaired) electrons. The number of hydroxylamine groups is 2. The Balaban J connectivity index is 2.07. The SMILES string of the molecule is CC1=C[C@@H]2CN(C(=O)N2O[C@@H](F)C(=O)O)[C@@H]1CNC(=O)C(F)(F)F. The average molecular weight is 355 g/mol. The van der Waals surface area contributed by atoms with Crippen molar-refractivity contribution in [3.05, 3.63) is 11.6 Å². The summed E-state index contributed by atoms with van der Waals surface area (Å²) in [4.78, 5) is 39.0. The maximum atomic E-state index is 13.2. The van der Waals surface area contributed by atoms with Crippen molar-refractivity contribution in [1.29, 1.82) is 0 Å². The molecule has 0 aromatic rings. The standard InChI is InChI=1S/C12H13F4N3O5/c1-5-2-6-4-18(7(5)3-17-10(22)12(14,15)16)11(23)19(6)24-8(13)9(20)21/h2,6-8H,3-4H2,1H3,(H,17,22)(H,20,21)/t6-,7-,8-/m1/s1. The van der Waals surface area contributed by atoms with Gasteiger partial charge < -0.3 is 15.3 Å². The molecule has 2 bridgehead atoms. The fourth-order valence-corrected chi connectivity index (χ4v) is 2.49. The Morgan fingerprint density at radius 3 is 2.67 bits per heavy atom. The third kappa shape index (κ3) is 3.42. The number of nitrogens with one attached hydrogen (secondary N) is 1. The number of fused-ring (bicyclic) bond motifs is 2. The van der Waals surface area contributed by atoms with Gasteiger partial charge in [0.25, 0.3) is 0 Å². The largest absolute Gasteiger partial charge is 0.477 e. The van der Waals surface area contributed by atoms with Gasteiger partial charge in [-0.15, -0.1) is 0 Å². The molecule has 2 N–H and O–H groups in total. The Kier molecular flexibility index (Phi) is 4.69. The fraction of sp³-hybridized carbons (Fsp3) is 0.583. The topological polar surface area (TPSA) is 99.2 Å². The first-order chi connectivity index (χ1) is 11.0. The van der Waals surface area contributed by atoms with Gasteiger partial charge in [-0.1, -0.05) is 11.6 Å². The second-order valence-electron chi connectivity index (χ2n) is 5.22. The third-order valence-electron chi connectivity index (χ3n) is 3.59. The minimum atomic E-state index is -5.05. The van der Waals surface area contributed by atoms with Gasteiger partial charge in [-0.2, -0.15) is 18.2 Å². The Labute approximate surface area is 132 Å². The molecule has 1 saturated heterocycles. The lowest BCUT2D eigenvalue weighted by Crippen LogP contribution is -2.49. The summed E-state index contributed by atoms with van der Waals surface area (Å²) < 4.78 is 49.8. The van der Waals surface area contributed by atoms with Crippen LogP contribution in [-0.4, -0.2) is 70.7 Å². The molecule has 8 nitrogen and oxygen atoms in total. The summed E-state index contributed by atoms with van der Waals surface area (Å²) in [5.41, 5.74) is 0.457. The van der Waals surface area contributed by atoms with E-state index < -0.39 is 49.1 Å². The summed E-state index contributed by atoms with van der Waals surface area (Å²) in [7, 11) is 0. The van der Waals surface area contributed by atoms with E-state index in [9.17, 15) is 31.9 Å². The number of hydrogen-bond acceptors (Lipinski definition) is 4. The molecule has 2 rings (SSSR count). The highest BCUT2D eigenvalue weighted by molar-refractivity contribution is 5.82. The fourth-order valence-electron chi connectivity index (χ4n) is 2.49. The van der Waals surface area contributed by atoms with Crippen molar-refractivity contribution in [2.75, 3.05) is 13.1 Å². The number of amides is 3. The van der Waals surface area contributed by atoms with Crippen LogP contribution in [0, 0.1) is 0 Å². The molecule has 0 spiro atoms. The number of hydrogen-bond donors (Lipinski definition) is 2.